The Kier molecular flexibility index (Phi) is 8.95. The van der Waals surface area contributed by atoms with Crippen molar-refractivity contribution in [2.45, 2.75) is 52.4 Å². The van der Waals surface area contributed by atoms with E-state index in [1.807, 2.05) is 0 Å². The third kappa shape index (κ3) is 8.02. The van der Waals surface area contributed by atoms with Crippen LogP contribution in [0.3, 0.4) is 0 Å². The second kappa shape index (κ2) is 9.01. The van der Waals surface area contributed by atoms with Crippen LogP contribution in [0.1, 0.15) is 52.4 Å². The van der Waals surface area contributed by atoms with E-state index in [-0.39, 0.29) is 0 Å². The third-order valence-corrected chi connectivity index (χ3v) is 2.33. The molecule has 0 aliphatic carbocycles. The van der Waals surface area contributed by atoms with Gasteiger partial charge >= 0.3 is 0 Å². The molecule has 0 aromatic rings. The highest BCUT2D eigenvalue weighted by atomic mass is 15.2. The Hall–Kier alpha value is -0.0800. The van der Waals surface area contributed by atoms with Crippen LogP contribution in [0.15, 0.2) is 0 Å². The maximum Gasteiger partial charge on any atom is 0.00999 e. The van der Waals surface area contributed by atoms with Gasteiger partial charge in [0.1, 0.15) is 0 Å². The fourth-order valence-electron chi connectivity index (χ4n) is 1.39. The minimum atomic E-state index is 0.831. The van der Waals surface area contributed by atoms with E-state index in [0.29, 0.717) is 0 Å². The zero-order valence-corrected chi connectivity index (χ0v) is 8.60. The van der Waals surface area contributed by atoms with Crippen LogP contribution in [0, 0.1) is 5.92 Å². The van der Waals surface area contributed by atoms with E-state index < -0.39 is 0 Å². The standard InChI is InChI=1S/C10H24N2/c1-3-4-5-6-7-10(2)8-9-12-11/h10,12H,3-9,11H2,1-2H3. The van der Waals surface area contributed by atoms with Crippen molar-refractivity contribution in [2.24, 2.45) is 11.8 Å². The van der Waals surface area contributed by atoms with E-state index in [4.69, 9.17) is 5.84 Å². The van der Waals surface area contributed by atoms with Gasteiger partial charge in [-0.15, -0.1) is 0 Å². The van der Waals surface area contributed by atoms with Crippen molar-refractivity contribution in [2.75, 3.05) is 6.54 Å². The number of hydrazine groups is 1. The molecule has 0 rings (SSSR count). The first-order valence-electron chi connectivity index (χ1n) is 5.24. The summed E-state index contributed by atoms with van der Waals surface area (Å²) < 4.78 is 0. The maximum atomic E-state index is 5.20. The molecule has 0 aromatic carbocycles. The molecule has 2 nitrogen and oxygen atoms in total. The highest BCUT2D eigenvalue weighted by Gasteiger charge is 2.00. The van der Waals surface area contributed by atoms with Crippen molar-refractivity contribution in [3.05, 3.63) is 0 Å². The van der Waals surface area contributed by atoms with Gasteiger partial charge in [-0.05, 0) is 12.3 Å². The molecule has 0 aliphatic rings. The summed E-state index contributed by atoms with van der Waals surface area (Å²) >= 11 is 0. The molecule has 1 atom stereocenters. The van der Waals surface area contributed by atoms with E-state index in [2.05, 4.69) is 19.3 Å². The fraction of sp³-hybridized carbons (Fsp3) is 1.00. The first-order valence-corrected chi connectivity index (χ1v) is 5.24. The van der Waals surface area contributed by atoms with Gasteiger partial charge in [-0.1, -0.05) is 46.0 Å². The first-order chi connectivity index (χ1) is 5.81. The van der Waals surface area contributed by atoms with Crippen molar-refractivity contribution < 1.29 is 0 Å². The summed E-state index contributed by atoms with van der Waals surface area (Å²) in [4.78, 5) is 0. The predicted molar refractivity (Wildman–Crippen MR) is 54.7 cm³/mol. The maximum absolute atomic E-state index is 5.20. The summed E-state index contributed by atoms with van der Waals surface area (Å²) in [6.45, 7) is 5.51. The number of nitrogens with one attached hydrogen (secondary N) is 1. The van der Waals surface area contributed by atoms with Crippen molar-refractivity contribution in [3.63, 3.8) is 0 Å². The molecule has 0 saturated carbocycles. The Morgan fingerprint density at radius 2 is 1.92 bits per heavy atom. The number of hydrogen-bond donors (Lipinski definition) is 2. The van der Waals surface area contributed by atoms with Crippen LogP contribution in [0.5, 0.6) is 0 Å². The number of hydrogen-bond acceptors (Lipinski definition) is 2. The fourth-order valence-corrected chi connectivity index (χ4v) is 1.39. The van der Waals surface area contributed by atoms with Crippen LogP contribution < -0.4 is 11.3 Å². The lowest BCUT2D eigenvalue weighted by Gasteiger charge is -2.09. The molecule has 0 spiro atoms. The summed E-state index contributed by atoms with van der Waals surface area (Å²) in [5, 5.41) is 0. The molecule has 74 valence electrons. The van der Waals surface area contributed by atoms with Crippen LogP contribution >= 0.6 is 0 Å². The molecule has 0 heterocycles. The average molecular weight is 172 g/mol. The second-order valence-electron chi connectivity index (χ2n) is 3.70. The van der Waals surface area contributed by atoms with Gasteiger partial charge in [0.15, 0.2) is 0 Å². The van der Waals surface area contributed by atoms with Crippen LogP contribution in [-0.2, 0) is 0 Å². The molecule has 0 saturated heterocycles. The quantitative estimate of drug-likeness (QED) is 0.335. The minimum absolute atomic E-state index is 0.831. The van der Waals surface area contributed by atoms with Crippen molar-refractivity contribution >= 4 is 0 Å². The van der Waals surface area contributed by atoms with Crippen LogP contribution in [0.2, 0.25) is 0 Å². The molecule has 0 amide bonds. The van der Waals surface area contributed by atoms with E-state index in [9.17, 15) is 0 Å². The van der Waals surface area contributed by atoms with Gasteiger partial charge in [0.25, 0.3) is 0 Å². The zero-order chi connectivity index (χ0) is 9.23. The summed E-state index contributed by atoms with van der Waals surface area (Å²) in [5.41, 5.74) is 2.70. The van der Waals surface area contributed by atoms with E-state index >= 15 is 0 Å². The molecule has 1 unspecified atom stereocenters. The third-order valence-electron chi connectivity index (χ3n) is 2.33. The van der Waals surface area contributed by atoms with Gasteiger partial charge < -0.3 is 0 Å². The van der Waals surface area contributed by atoms with Gasteiger partial charge in [-0.25, -0.2) is 0 Å². The lowest BCUT2D eigenvalue weighted by atomic mass is 10.00. The predicted octanol–water partition coefficient (Wildman–Crippen LogP) is 2.45. The smallest absolute Gasteiger partial charge is 0.00999 e. The Morgan fingerprint density at radius 1 is 1.17 bits per heavy atom. The summed E-state index contributed by atoms with van der Waals surface area (Å²) in [6.07, 6.45) is 8.08. The Labute approximate surface area is 76.9 Å². The van der Waals surface area contributed by atoms with Crippen LogP contribution in [-0.4, -0.2) is 6.54 Å². The Bertz CT molecular complexity index is 83.9. The lowest BCUT2D eigenvalue weighted by Crippen LogP contribution is -2.24. The van der Waals surface area contributed by atoms with Crippen molar-refractivity contribution in [3.8, 4) is 0 Å². The van der Waals surface area contributed by atoms with E-state index in [0.717, 1.165) is 12.5 Å². The molecule has 0 aromatic heterocycles. The van der Waals surface area contributed by atoms with Gasteiger partial charge in [0.2, 0.25) is 0 Å². The van der Waals surface area contributed by atoms with Gasteiger partial charge in [-0.2, -0.15) is 0 Å². The molecule has 2 heteroatoms. The number of nitrogens with two attached hydrogens (primary N) is 1. The van der Waals surface area contributed by atoms with Crippen molar-refractivity contribution in [1.82, 2.24) is 5.43 Å². The molecule has 0 aliphatic heterocycles. The SMILES string of the molecule is CCCCCCC(C)CCNN. The highest BCUT2D eigenvalue weighted by molar-refractivity contribution is 4.54. The average Bonchev–Trinajstić information content (AvgIpc) is 2.09. The Balaban J connectivity index is 3.02. The molecular weight excluding hydrogens is 148 g/mol. The lowest BCUT2D eigenvalue weighted by molar-refractivity contribution is 0.447. The molecule has 12 heavy (non-hydrogen) atoms. The molecular formula is C10H24N2. The number of unbranched alkanes of at least 4 members (excludes halogenated alkanes) is 3. The molecule has 0 fully saturated rings. The highest BCUT2D eigenvalue weighted by Crippen LogP contribution is 2.12. The minimum Gasteiger partial charge on any atom is -0.271 e. The Morgan fingerprint density at radius 3 is 2.50 bits per heavy atom. The normalized spacial score (nSPS) is 13.2. The molecule has 3 N–H and O–H groups in total. The van der Waals surface area contributed by atoms with Gasteiger partial charge in [0.05, 0.1) is 0 Å². The van der Waals surface area contributed by atoms with Gasteiger partial charge in [0, 0.05) is 6.54 Å². The summed E-state index contributed by atoms with van der Waals surface area (Å²) in [6, 6.07) is 0. The topological polar surface area (TPSA) is 38.0 Å². The number of rotatable bonds is 8. The molecule has 0 radical (unpaired) electrons. The second-order valence-corrected chi connectivity index (χ2v) is 3.70. The molecule has 0 bridgehead atoms. The van der Waals surface area contributed by atoms with E-state index in [1.54, 1.807) is 0 Å². The van der Waals surface area contributed by atoms with Crippen molar-refractivity contribution in [1.29, 1.82) is 0 Å². The monoisotopic (exact) mass is 172 g/mol. The first kappa shape index (κ1) is 11.9. The largest absolute Gasteiger partial charge is 0.271 e. The summed E-state index contributed by atoms with van der Waals surface area (Å²) in [5.74, 6) is 6.03. The van der Waals surface area contributed by atoms with E-state index in [1.165, 1.54) is 38.5 Å². The van der Waals surface area contributed by atoms with Crippen LogP contribution in [0.4, 0.5) is 0 Å². The van der Waals surface area contributed by atoms with Crippen LogP contribution in [0.25, 0.3) is 0 Å². The zero-order valence-electron chi connectivity index (χ0n) is 8.60. The summed E-state index contributed by atoms with van der Waals surface area (Å²) in [7, 11) is 0. The van der Waals surface area contributed by atoms with Gasteiger partial charge in [-0.3, -0.25) is 11.3 Å².